The third kappa shape index (κ3) is 4.04. The SMILES string of the molecule is O=C(c1cncc(-c2ccc(Cl)cc2)c1)N(CCO)CCO. The molecule has 2 N–H and O–H groups in total. The van der Waals surface area contributed by atoms with Crippen molar-refractivity contribution in [1.29, 1.82) is 0 Å². The molecule has 0 aliphatic carbocycles. The summed E-state index contributed by atoms with van der Waals surface area (Å²) in [6.45, 7) is 0.0290. The molecule has 2 rings (SSSR count). The molecule has 0 fully saturated rings. The summed E-state index contributed by atoms with van der Waals surface area (Å²) in [6.07, 6.45) is 3.14. The van der Waals surface area contributed by atoms with Crippen molar-refractivity contribution in [3.8, 4) is 11.1 Å². The average Bonchev–Trinajstić information content (AvgIpc) is 2.55. The van der Waals surface area contributed by atoms with E-state index in [0.717, 1.165) is 11.1 Å². The summed E-state index contributed by atoms with van der Waals surface area (Å²) in [6, 6.07) is 8.99. The van der Waals surface area contributed by atoms with Gasteiger partial charge in [0.15, 0.2) is 0 Å². The van der Waals surface area contributed by atoms with Gasteiger partial charge in [0.1, 0.15) is 0 Å². The summed E-state index contributed by atoms with van der Waals surface area (Å²) in [7, 11) is 0. The first-order valence-corrected chi connectivity index (χ1v) is 7.25. The molecular formula is C16H17ClN2O3. The quantitative estimate of drug-likeness (QED) is 0.851. The van der Waals surface area contributed by atoms with E-state index in [1.165, 1.54) is 11.1 Å². The Kier molecular flexibility index (Phi) is 5.89. The molecule has 116 valence electrons. The van der Waals surface area contributed by atoms with E-state index in [0.29, 0.717) is 10.6 Å². The van der Waals surface area contributed by atoms with Crippen LogP contribution in [0.25, 0.3) is 11.1 Å². The Labute approximate surface area is 133 Å². The normalized spacial score (nSPS) is 10.5. The van der Waals surface area contributed by atoms with Gasteiger partial charge in [0.05, 0.1) is 18.8 Å². The summed E-state index contributed by atoms with van der Waals surface area (Å²) in [5.41, 5.74) is 2.12. The molecule has 1 aromatic heterocycles. The largest absolute Gasteiger partial charge is 0.395 e. The van der Waals surface area contributed by atoms with Crippen LogP contribution in [0.5, 0.6) is 0 Å². The van der Waals surface area contributed by atoms with Crippen LogP contribution in [0, 0.1) is 0 Å². The highest BCUT2D eigenvalue weighted by Crippen LogP contribution is 2.22. The fraction of sp³-hybridized carbons (Fsp3) is 0.250. The molecule has 0 spiro atoms. The Bertz CT molecular complexity index is 626. The number of amides is 1. The van der Waals surface area contributed by atoms with Crippen molar-refractivity contribution in [1.82, 2.24) is 9.88 Å². The number of benzene rings is 1. The van der Waals surface area contributed by atoms with E-state index < -0.39 is 0 Å². The third-order valence-corrected chi connectivity index (χ3v) is 3.44. The topological polar surface area (TPSA) is 73.7 Å². The highest BCUT2D eigenvalue weighted by Gasteiger charge is 2.15. The van der Waals surface area contributed by atoms with Crippen molar-refractivity contribution in [3.05, 3.63) is 53.3 Å². The van der Waals surface area contributed by atoms with Crippen molar-refractivity contribution < 1.29 is 15.0 Å². The lowest BCUT2D eigenvalue weighted by atomic mass is 10.1. The first-order valence-electron chi connectivity index (χ1n) is 6.87. The molecule has 6 heteroatoms. The summed E-state index contributed by atoms with van der Waals surface area (Å²) < 4.78 is 0. The van der Waals surface area contributed by atoms with Gasteiger partial charge in [0, 0.05) is 36.1 Å². The zero-order chi connectivity index (χ0) is 15.9. The molecule has 1 heterocycles. The van der Waals surface area contributed by atoms with Crippen molar-refractivity contribution >= 4 is 17.5 Å². The molecular weight excluding hydrogens is 304 g/mol. The molecule has 0 saturated carbocycles. The second-order valence-corrected chi connectivity index (χ2v) is 5.15. The number of pyridine rings is 1. The highest BCUT2D eigenvalue weighted by molar-refractivity contribution is 6.30. The van der Waals surface area contributed by atoms with E-state index in [1.54, 1.807) is 24.4 Å². The van der Waals surface area contributed by atoms with Gasteiger partial charge in [-0.15, -0.1) is 0 Å². The second-order valence-electron chi connectivity index (χ2n) is 4.71. The van der Waals surface area contributed by atoms with Crippen LogP contribution >= 0.6 is 11.6 Å². The van der Waals surface area contributed by atoms with E-state index >= 15 is 0 Å². The highest BCUT2D eigenvalue weighted by atomic mass is 35.5. The van der Waals surface area contributed by atoms with Crippen LogP contribution in [-0.4, -0.2) is 52.3 Å². The van der Waals surface area contributed by atoms with E-state index in [-0.39, 0.29) is 32.2 Å². The predicted octanol–water partition coefficient (Wildman–Crippen LogP) is 1.83. The van der Waals surface area contributed by atoms with Crippen molar-refractivity contribution in [2.24, 2.45) is 0 Å². The molecule has 0 unspecified atom stereocenters. The van der Waals surface area contributed by atoms with Gasteiger partial charge in [0.2, 0.25) is 0 Å². The molecule has 1 aromatic carbocycles. The number of hydrogen-bond acceptors (Lipinski definition) is 4. The molecule has 0 saturated heterocycles. The maximum atomic E-state index is 12.4. The van der Waals surface area contributed by atoms with Crippen molar-refractivity contribution in [2.75, 3.05) is 26.3 Å². The van der Waals surface area contributed by atoms with E-state index in [1.807, 2.05) is 12.1 Å². The molecule has 5 nitrogen and oxygen atoms in total. The van der Waals surface area contributed by atoms with Gasteiger partial charge in [-0.05, 0) is 23.8 Å². The Morgan fingerprint density at radius 3 is 2.27 bits per heavy atom. The number of aliphatic hydroxyl groups excluding tert-OH is 2. The predicted molar refractivity (Wildman–Crippen MR) is 84.8 cm³/mol. The van der Waals surface area contributed by atoms with Crippen LogP contribution in [0.1, 0.15) is 10.4 Å². The molecule has 2 aromatic rings. The van der Waals surface area contributed by atoms with Gasteiger partial charge in [-0.1, -0.05) is 23.7 Å². The monoisotopic (exact) mass is 320 g/mol. The molecule has 22 heavy (non-hydrogen) atoms. The minimum Gasteiger partial charge on any atom is -0.395 e. The average molecular weight is 321 g/mol. The number of nitrogens with zero attached hydrogens (tertiary/aromatic N) is 2. The smallest absolute Gasteiger partial charge is 0.255 e. The zero-order valence-electron chi connectivity index (χ0n) is 11.9. The molecule has 1 amide bonds. The molecule has 0 radical (unpaired) electrons. The summed E-state index contributed by atoms with van der Waals surface area (Å²) in [5, 5.41) is 18.7. The lowest BCUT2D eigenvalue weighted by Crippen LogP contribution is -2.35. The van der Waals surface area contributed by atoms with Crippen LogP contribution in [0.3, 0.4) is 0 Å². The fourth-order valence-electron chi connectivity index (χ4n) is 2.10. The summed E-state index contributed by atoms with van der Waals surface area (Å²) in [4.78, 5) is 17.9. The zero-order valence-corrected chi connectivity index (χ0v) is 12.7. The van der Waals surface area contributed by atoms with Crippen molar-refractivity contribution in [3.63, 3.8) is 0 Å². The van der Waals surface area contributed by atoms with Gasteiger partial charge >= 0.3 is 0 Å². The molecule has 0 aliphatic heterocycles. The van der Waals surface area contributed by atoms with Crippen molar-refractivity contribution in [2.45, 2.75) is 0 Å². The van der Waals surface area contributed by atoms with Gasteiger partial charge in [-0.2, -0.15) is 0 Å². The molecule has 0 atom stereocenters. The van der Waals surface area contributed by atoms with Crippen LogP contribution in [-0.2, 0) is 0 Å². The summed E-state index contributed by atoms with van der Waals surface area (Å²) in [5.74, 6) is -0.272. The number of halogens is 1. The van der Waals surface area contributed by atoms with E-state index in [9.17, 15) is 4.79 Å². The number of carbonyl (C=O) groups excluding carboxylic acids is 1. The maximum Gasteiger partial charge on any atom is 0.255 e. The van der Waals surface area contributed by atoms with Crippen LogP contribution in [0.2, 0.25) is 5.02 Å². The molecule has 0 aliphatic rings. The van der Waals surface area contributed by atoms with Crippen LogP contribution < -0.4 is 0 Å². The summed E-state index contributed by atoms with van der Waals surface area (Å²) >= 11 is 5.87. The second kappa shape index (κ2) is 7.89. The maximum absolute atomic E-state index is 12.4. The first-order chi connectivity index (χ1) is 10.7. The Morgan fingerprint density at radius 2 is 1.68 bits per heavy atom. The first kappa shape index (κ1) is 16.4. The van der Waals surface area contributed by atoms with E-state index in [4.69, 9.17) is 21.8 Å². The Balaban J connectivity index is 2.27. The lowest BCUT2D eigenvalue weighted by molar-refractivity contribution is 0.0684. The minimum atomic E-state index is -0.272. The number of aliphatic hydroxyl groups is 2. The van der Waals surface area contributed by atoms with Gasteiger partial charge < -0.3 is 15.1 Å². The fourth-order valence-corrected chi connectivity index (χ4v) is 2.22. The lowest BCUT2D eigenvalue weighted by Gasteiger charge is -2.20. The number of rotatable bonds is 6. The number of hydrogen-bond donors (Lipinski definition) is 2. The van der Waals surface area contributed by atoms with Crippen LogP contribution in [0.15, 0.2) is 42.7 Å². The standard InChI is InChI=1S/C16H17ClN2O3/c17-15-3-1-12(2-4-15)13-9-14(11-18-10-13)16(22)19(5-7-20)6-8-21/h1-4,9-11,20-21H,5-8H2. The van der Waals surface area contributed by atoms with E-state index in [2.05, 4.69) is 4.98 Å². The van der Waals surface area contributed by atoms with Gasteiger partial charge in [0.25, 0.3) is 5.91 Å². The van der Waals surface area contributed by atoms with Crippen LogP contribution in [0.4, 0.5) is 0 Å². The third-order valence-electron chi connectivity index (χ3n) is 3.19. The number of aromatic nitrogens is 1. The number of carbonyl (C=O) groups is 1. The minimum absolute atomic E-state index is 0.157. The van der Waals surface area contributed by atoms with Gasteiger partial charge in [-0.25, -0.2) is 0 Å². The van der Waals surface area contributed by atoms with Gasteiger partial charge in [-0.3, -0.25) is 9.78 Å². The Hall–Kier alpha value is -1.95. The molecule has 0 bridgehead atoms. The Morgan fingerprint density at radius 1 is 1.05 bits per heavy atom.